The van der Waals surface area contributed by atoms with E-state index in [9.17, 15) is 0 Å². The molecule has 2 nitrogen and oxygen atoms in total. The van der Waals surface area contributed by atoms with Crippen molar-refractivity contribution in [1.29, 1.82) is 0 Å². The van der Waals surface area contributed by atoms with Crippen LogP contribution in [0.15, 0.2) is 54.9 Å². The molecule has 88 valence electrons. The Kier molecular flexibility index (Phi) is 2.77. The van der Waals surface area contributed by atoms with E-state index in [-0.39, 0.29) is 0 Å². The van der Waals surface area contributed by atoms with Crippen molar-refractivity contribution in [2.24, 2.45) is 0 Å². The molecule has 0 unspecified atom stereocenters. The molecule has 0 aliphatic rings. The summed E-state index contributed by atoms with van der Waals surface area (Å²) in [5.74, 6) is 0. The fourth-order valence-electron chi connectivity index (χ4n) is 2.30. The van der Waals surface area contributed by atoms with Gasteiger partial charge in [0.25, 0.3) is 0 Å². The van der Waals surface area contributed by atoms with Crippen LogP contribution in [0.5, 0.6) is 0 Å². The summed E-state index contributed by atoms with van der Waals surface area (Å²) in [4.78, 5) is 8.86. The summed E-state index contributed by atoms with van der Waals surface area (Å²) < 4.78 is 0. The Morgan fingerprint density at radius 3 is 2.50 bits per heavy atom. The molecule has 0 saturated heterocycles. The zero-order valence-corrected chi connectivity index (χ0v) is 10.3. The molecule has 2 aromatic heterocycles. The summed E-state index contributed by atoms with van der Waals surface area (Å²) in [6.45, 7) is 2.13. The highest BCUT2D eigenvalue weighted by Crippen LogP contribution is 2.29. The van der Waals surface area contributed by atoms with Gasteiger partial charge in [-0.15, -0.1) is 0 Å². The molecule has 3 aromatic rings. The quantitative estimate of drug-likeness (QED) is 0.673. The van der Waals surface area contributed by atoms with Crippen LogP contribution >= 0.6 is 0 Å². The lowest BCUT2D eigenvalue weighted by Crippen LogP contribution is -1.92. The maximum absolute atomic E-state index is 4.46. The first-order valence-electron chi connectivity index (χ1n) is 6.18. The van der Waals surface area contributed by atoms with Gasteiger partial charge in [-0.25, -0.2) is 0 Å². The van der Waals surface area contributed by atoms with Crippen molar-refractivity contribution in [2.75, 3.05) is 0 Å². The SMILES string of the molecule is CCc1ncccc1-c1cccc2ncccc12. The molecule has 0 bridgehead atoms. The van der Waals surface area contributed by atoms with E-state index in [0.717, 1.165) is 17.6 Å². The standard InChI is InChI=1S/C16H14N2/c1-2-15-13(7-4-10-17-15)12-6-3-9-16-14(12)8-5-11-18-16/h3-11H,2H2,1H3. The molecular weight excluding hydrogens is 220 g/mol. The average molecular weight is 234 g/mol. The van der Waals surface area contributed by atoms with Gasteiger partial charge in [0, 0.05) is 29.0 Å². The number of benzene rings is 1. The Balaban J connectivity index is 2.32. The first-order chi connectivity index (χ1) is 8.90. The van der Waals surface area contributed by atoms with E-state index < -0.39 is 0 Å². The monoisotopic (exact) mass is 234 g/mol. The van der Waals surface area contributed by atoms with Gasteiger partial charge in [0.1, 0.15) is 0 Å². The van der Waals surface area contributed by atoms with Crippen LogP contribution in [0.25, 0.3) is 22.0 Å². The van der Waals surface area contributed by atoms with E-state index in [2.05, 4.69) is 41.2 Å². The van der Waals surface area contributed by atoms with Gasteiger partial charge in [-0.05, 0) is 30.2 Å². The Bertz CT molecular complexity index is 684. The number of aromatic nitrogens is 2. The van der Waals surface area contributed by atoms with Crippen LogP contribution < -0.4 is 0 Å². The minimum absolute atomic E-state index is 0.937. The zero-order chi connectivity index (χ0) is 12.4. The van der Waals surface area contributed by atoms with Crippen molar-refractivity contribution in [3.63, 3.8) is 0 Å². The molecule has 0 N–H and O–H groups in total. The Morgan fingerprint density at radius 2 is 1.61 bits per heavy atom. The van der Waals surface area contributed by atoms with E-state index in [1.807, 2.05) is 30.6 Å². The summed E-state index contributed by atoms with van der Waals surface area (Å²) in [6, 6.07) is 14.5. The molecular formula is C16H14N2. The van der Waals surface area contributed by atoms with Gasteiger partial charge in [-0.3, -0.25) is 9.97 Å². The van der Waals surface area contributed by atoms with Crippen LogP contribution in [0.2, 0.25) is 0 Å². The van der Waals surface area contributed by atoms with Crippen LogP contribution in [-0.2, 0) is 6.42 Å². The first-order valence-corrected chi connectivity index (χ1v) is 6.18. The number of hydrogen-bond acceptors (Lipinski definition) is 2. The number of fused-ring (bicyclic) bond motifs is 1. The molecule has 0 amide bonds. The predicted octanol–water partition coefficient (Wildman–Crippen LogP) is 3.86. The molecule has 0 saturated carbocycles. The lowest BCUT2D eigenvalue weighted by atomic mass is 9.98. The van der Waals surface area contributed by atoms with Gasteiger partial charge in [-0.1, -0.05) is 31.2 Å². The largest absolute Gasteiger partial charge is 0.261 e. The highest BCUT2D eigenvalue weighted by atomic mass is 14.7. The number of hydrogen-bond donors (Lipinski definition) is 0. The molecule has 0 aliphatic heterocycles. The second kappa shape index (κ2) is 4.57. The normalized spacial score (nSPS) is 10.7. The van der Waals surface area contributed by atoms with Crippen molar-refractivity contribution < 1.29 is 0 Å². The maximum atomic E-state index is 4.46. The van der Waals surface area contributed by atoms with Crippen LogP contribution in [0, 0.1) is 0 Å². The minimum atomic E-state index is 0.937. The molecule has 2 heteroatoms. The number of rotatable bonds is 2. The molecule has 1 aromatic carbocycles. The minimum Gasteiger partial charge on any atom is -0.261 e. The number of aryl methyl sites for hydroxylation is 1. The van der Waals surface area contributed by atoms with E-state index in [0.29, 0.717) is 0 Å². The Hall–Kier alpha value is -2.22. The molecule has 0 radical (unpaired) electrons. The second-order valence-electron chi connectivity index (χ2n) is 4.23. The summed E-state index contributed by atoms with van der Waals surface area (Å²) in [6.07, 6.45) is 4.62. The van der Waals surface area contributed by atoms with Gasteiger partial charge in [0.2, 0.25) is 0 Å². The fraction of sp³-hybridized carbons (Fsp3) is 0.125. The average Bonchev–Trinajstić information content (AvgIpc) is 2.46. The Labute approximate surface area is 106 Å². The van der Waals surface area contributed by atoms with Crippen LogP contribution in [-0.4, -0.2) is 9.97 Å². The summed E-state index contributed by atoms with van der Waals surface area (Å²) >= 11 is 0. The van der Waals surface area contributed by atoms with Gasteiger partial charge >= 0.3 is 0 Å². The second-order valence-corrected chi connectivity index (χ2v) is 4.23. The first kappa shape index (κ1) is 10.9. The van der Waals surface area contributed by atoms with Crippen molar-refractivity contribution in [3.8, 4) is 11.1 Å². The maximum Gasteiger partial charge on any atom is 0.0708 e. The third kappa shape index (κ3) is 1.76. The van der Waals surface area contributed by atoms with Crippen molar-refractivity contribution >= 4 is 10.9 Å². The van der Waals surface area contributed by atoms with E-state index in [1.54, 1.807) is 0 Å². The Morgan fingerprint density at radius 1 is 0.833 bits per heavy atom. The van der Waals surface area contributed by atoms with Gasteiger partial charge in [0.15, 0.2) is 0 Å². The third-order valence-electron chi connectivity index (χ3n) is 3.16. The van der Waals surface area contributed by atoms with E-state index in [1.165, 1.54) is 16.5 Å². The van der Waals surface area contributed by atoms with Crippen molar-refractivity contribution in [2.45, 2.75) is 13.3 Å². The zero-order valence-electron chi connectivity index (χ0n) is 10.3. The van der Waals surface area contributed by atoms with Crippen LogP contribution in [0.3, 0.4) is 0 Å². The topological polar surface area (TPSA) is 25.8 Å². The van der Waals surface area contributed by atoms with Crippen molar-refractivity contribution in [3.05, 3.63) is 60.6 Å². The van der Waals surface area contributed by atoms with Crippen molar-refractivity contribution in [1.82, 2.24) is 9.97 Å². The molecule has 3 rings (SSSR count). The molecule has 0 atom stereocenters. The molecule has 2 heterocycles. The molecule has 18 heavy (non-hydrogen) atoms. The van der Waals surface area contributed by atoms with Crippen LogP contribution in [0.1, 0.15) is 12.6 Å². The van der Waals surface area contributed by atoms with E-state index in [4.69, 9.17) is 0 Å². The fourth-order valence-corrected chi connectivity index (χ4v) is 2.30. The smallest absolute Gasteiger partial charge is 0.0708 e. The third-order valence-corrected chi connectivity index (χ3v) is 3.16. The highest BCUT2D eigenvalue weighted by Gasteiger charge is 2.07. The highest BCUT2D eigenvalue weighted by molar-refractivity contribution is 5.94. The van der Waals surface area contributed by atoms with Gasteiger partial charge in [0.05, 0.1) is 5.52 Å². The number of nitrogens with zero attached hydrogens (tertiary/aromatic N) is 2. The van der Waals surface area contributed by atoms with Gasteiger partial charge in [-0.2, -0.15) is 0 Å². The van der Waals surface area contributed by atoms with Crippen LogP contribution in [0.4, 0.5) is 0 Å². The van der Waals surface area contributed by atoms with E-state index >= 15 is 0 Å². The number of pyridine rings is 2. The lowest BCUT2D eigenvalue weighted by molar-refractivity contribution is 1.04. The summed E-state index contributed by atoms with van der Waals surface area (Å²) in [5, 5.41) is 1.18. The predicted molar refractivity (Wildman–Crippen MR) is 74.4 cm³/mol. The lowest BCUT2D eigenvalue weighted by Gasteiger charge is -2.09. The summed E-state index contributed by atoms with van der Waals surface area (Å²) in [5.41, 5.74) is 4.58. The summed E-state index contributed by atoms with van der Waals surface area (Å²) in [7, 11) is 0. The van der Waals surface area contributed by atoms with Gasteiger partial charge < -0.3 is 0 Å². The molecule has 0 fully saturated rings. The molecule has 0 spiro atoms. The molecule has 0 aliphatic carbocycles.